The minimum atomic E-state index is -0.293. The number of methoxy groups -OCH3 is 1. The Morgan fingerprint density at radius 1 is 1.03 bits per heavy atom. The van der Waals surface area contributed by atoms with Gasteiger partial charge in [0.25, 0.3) is 5.56 Å². The number of hydrogen-bond donors (Lipinski definition) is 0. The average molecular weight is 413 g/mol. The first kappa shape index (κ1) is 23.5. The molecule has 0 bridgehead atoms. The first-order valence-electron chi connectivity index (χ1n) is 10.8. The lowest BCUT2D eigenvalue weighted by Gasteiger charge is -2.19. The Kier molecular flexibility index (Phi) is 8.46. The van der Waals surface area contributed by atoms with Gasteiger partial charge in [-0.3, -0.25) is 9.36 Å². The largest absolute Gasteiger partial charge is 0.497 e. The van der Waals surface area contributed by atoms with Gasteiger partial charge in [-0.15, -0.1) is 0 Å². The smallest absolute Gasteiger partial charge is 0.262 e. The molecule has 30 heavy (non-hydrogen) atoms. The van der Waals surface area contributed by atoms with Crippen molar-refractivity contribution in [1.82, 2.24) is 4.57 Å². The number of nitrogens with zero attached hydrogens (tertiary/aromatic N) is 2. The normalized spacial score (nSPS) is 15.2. The Balaban J connectivity index is 0.000000757. The van der Waals surface area contributed by atoms with Crippen LogP contribution in [-0.2, 0) is 0 Å². The van der Waals surface area contributed by atoms with Crippen LogP contribution in [0, 0.1) is 11.7 Å². The van der Waals surface area contributed by atoms with Gasteiger partial charge in [0.2, 0.25) is 0 Å². The molecular formula is C25H33FN2O2. The summed E-state index contributed by atoms with van der Waals surface area (Å²) < 4.78 is 21.4. The van der Waals surface area contributed by atoms with Gasteiger partial charge in [-0.1, -0.05) is 34.6 Å². The SMILES string of the molecule is CC.CC.COc1ccc2c(=O)n(-c3ccc(N4CC[C@@H](C)C4)c(F)c3)ccc2c1. The summed E-state index contributed by atoms with van der Waals surface area (Å²) in [6.07, 6.45) is 2.76. The topological polar surface area (TPSA) is 34.5 Å². The Morgan fingerprint density at radius 3 is 2.37 bits per heavy atom. The second-order valence-corrected chi connectivity index (χ2v) is 6.92. The molecule has 4 rings (SSSR count). The molecule has 1 aliphatic rings. The number of rotatable bonds is 3. The highest BCUT2D eigenvalue weighted by Gasteiger charge is 2.21. The molecule has 3 aromatic rings. The van der Waals surface area contributed by atoms with E-state index in [9.17, 15) is 9.18 Å². The van der Waals surface area contributed by atoms with Gasteiger partial charge in [-0.2, -0.15) is 0 Å². The van der Waals surface area contributed by atoms with E-state index >= 15 is 0 Å². The second-order valence-electron chi connectivity index (χ2n) is 6.92. The summed E-state index contributed by atoms with van der Waals surface area (Å²) in [5.74, 6) is 0.984. The number of hydrogen-bond acceptors (Lipinski definition) is 3. The van der Waals surface area contributed by atoms with Crippen LogP contribution in [0.15, 0.2) is 53.5 Å². The first-order chi connectivity index (χ1) is 14.6. The van der Waals surface area contributed by atoms with Crippen LogP contribution < -0.4 is 15.2 Å². The Morgan fingerprint density at radius 2 is 1.77 bits per heavy atom. The molecule has 5 heteroatoms. The quantitative estimate of drug-likeness (QED) is 0.526. The number of ether oxygens (including phenoxy) is 1. The maximum Gasteiger partial charge on any atom is 0.262 e. The fourth-order valence-corrected chi connectivity index (χ4v) is 3.61. The molecule has 2 heterocycles. The van der Waals surface area contributed by atoms with Crippen LogP contribution in [0.25, 0.3) is 16.5 Å². The molecule has 0 amide bonds. The molecule has 0 unspecified atom stereocenters. The zero-order chi connectivity index (χ0) is 22.3. The third-order valence-corrected chi connectivity index (χ3v) is 5.09. The van der Waals surface area contributed by atoms with E-state index in [0.29, 0.717) is 28.4 Å². The lowest BCUT2D eigenvalue weighted by molar-refractivity contribution is 0.415. The van der Waals surface area contributed by atoms with Gasteiger partial charge in [0, 0.05) is 30.7 Å². The monoisotopic (exact) mass is 412 g/mol. The number of fused-ring (bicyclic) bond motifs is 1. The van der Waals surface area contributed by atoms with E-state index in [-0.39, 0.29) is 11.4 Å². The molecule has 0 saturated carbocycles. The minimum Gasteiger partial charge on any atom is -0.497 e. The molecule has 1 aliphatic heterocycles. The van der Waals surface area contributed by atoms with Crippen molar-refractivity contribution in [1.29, 1.82) is 0 Å². The lowest BCUT2D eigenvalue weighted by Crippen LogP contribution is -2.21. The predicted molar refractivity (Wildman–Crippen MR) is 125 cm³/mol. The summed E-state index contributed by atoms with van der Waals surface area (Å²) in [7, 11) is 1.59. The van der Waals surface area contributed by atoms with E-state index in [4.69, 9.17) is 4.74 Å². The molecule has 162 valence electrons. The van der Waals surface area contributed by atoms with Gasteiger partial charge in [0.1, 0.15) is 11.6 Å². The highest BCUT2D eigenvalue weighted by atomic mass is 19.1. The molecule has 1 atom stereocenters. The molecular weight excluding hydrogens is 379 g/mol. The summed E-state index contributed by atoms with van der Waals surface area (Å²) in [6.45, 7) is 11.9. The van der Waals surface area contributed by atoms with Crippen molar-refractivity contribution >= 4 is 16.5 Å². The van der Waals surface area contributed by atoms with Crippen molar-refractivity contribution in [3.63, 3.8) is 0 Å². The summed E-state index contributed by atoms with van der Waals surface area (Å²) in [5.41, 5.74) is 0.963. The number of anilines is 1. The lowest BCUT2D eigenvalue weighted by atomic mass is 10.1. The van der Waals surface area contributed by atoms with E-state index in [1.165, 1.54) is 10.6 Å². The van der Waals surface area contributed by atoms with Crippen molar-refractivity contribution in [3.8, 4) is 11.4 Å². The highest BCUT2D eigenvalue weighted by molar-refractivity contribution is 5.83. The van der Waals surface area contributed by atoms with Crippen molar-refractivity contribution < 1.29 is 9.13 Å². The average Bonchev–Trinajstić information content (AvgIpc) is 3.22. The van der Waals surface area contributed by atoms with Crippen molar-refractivity contribution in [3.05, 3.63) is 64.8 Å². The number of benzene rings is 2. The van der Waals surface area contributed by atoms with Crippen LogP contribution in [0.4, 0.5) is 10.1 Å². The van der Waals surface area contributed by atoms with Gasteiger partial charge in [0.15, 0.2) is 0 Å². The van der Waals surface area contributed by atoms with Gasteiger partial charge in [0.05, 0.1) is 18.5 Å². The molecule has 1 saturated heterocycles. The maximum absolute atomic E-state index is 14.7. The van der Waals surface area contributed by atoms with Crippen LogP contribution in [-0.4, -0.2) is 24.8 Å². The summed E-state index contributed by atoms with van der Waals surface area (Å²) in [4.78, 5) is 14.9. The third-order valence-electron chi connectivity index (χ3n) is 5.09. The Bertz CT molecular complexity index is 1030. The molecule has 0 aliphatic carbocycles. The standard InChI is InChI=1S/C21H21FN2O2.2C2H6/c1-14-7-9-23(13-14)20-6-3-16(12-19(20)22)24-10-8-15-11-17(26-2)4-5-18(15)21(24)25;2*1-2/h3-6,8,10-12,14H,7,9,13H2,1-2H3;2*1-2H3/t14-;;/m1../s1. The van der Waals surface area contributed by atoms with Gasteiger partial charge >= 0.3 is 0 Å². The maximum atomic E-state index is 14.7. The van der Waals surface area contributed by atoms with Gasteiger partial charge in [-0.05, 0) is 54.1 Å². The molecule has 1 fully saturated rings. The molecule has 4 nitrogen and oxygen atoms in total. The van der Waals surface area contributed by atoms with Crippen LogP contribution in [0.5, 0.6) is 5.75 Å². The van der Waals surface area contributed by atoms with Crippen molar-refractivity contribution in [2.75, 3.05) is 25.1 Å². The first-order valence-corrected chi connectivity index (χ1v) is 10.8. The highest BCUT2D eigenvalue weighted by Crippen LogP contribution is 2.27. The van der Waals surface area contributed by atoms with Crippen LogP contribution in [0.3, 0.4) is 0 Å². The van der Waals surface area contributed by atoms with Crippen molar-refractivity contribution in [2.45, 2.75) is 41.0 Å². The fraction of sp³-hybridized carbons (Fsp3) is 0.400. The van der Waals surface area contributed by atoms with Crippen LogP contribution >= 0.6 is 0 Å². The summed E-state index contributed by atoms with van der Waals surface area (Å²) in [5, 5.41) is 1.37. The van der Waals surface area contributed by atoms with Gasteiger partial charge in [-0.25, -0.2) is 4.39 Å². The molecule has 0 spiro atoms. The summed E-state index contributed by atoms with van der Waals surface area (Å²) in [6, 6.07) is 12.2. The Labute approximate surface area is 178 Å². The Hall–Kier alpha value is -2.82. The molecule has 0 radical (unpaired) electrons. The zero-order valence-electron chi connectivity index (χ0n) is 18.9. The van der Waals surface area contributed by atoms with E-state index in [1.807, 2.05) is 39.8 Å². The van der Waals surface area contributed by atoms with E-state index < -0.39 is 0 Å². The molecule has 2 aromatic carbocycles. The third kappa shape index (κ3) is 4.84. The van der Waals surface area contributed by atoms with E-state index in [2.05, 4.69) is 11.8 Å². The number of pyridine rings is 1. The minimum absolute atomic E-state index is 0.174. The number of halogens is 1. The van der Waals surface area contributed by atoms with E-state index in [1.54, 1.807) is 37.6 Å². The predicted octanol–water partition coefficient (Wildman–Crippen LogP) is 6.04. The fourth-order valence-electron chi connectivity index (χ4n) is 3.61. The second kappa shape index (κ2) is 10.8. The van der Waals surface area contributed by atoms with Gasteiger partial charge < -0.3 is 9.64 Å². The molecule has 0 N–H and O–H groups in total. The van der Waals surface area contributed by atoms with E-state index in [0.717, 1.165) is 24.9 Å². The van der Waals surface area contributed by atoms with Crippen LogP contribution in [0.2, 0.25) is 0 Å². The zero-order valence-corrected chi connectivity index (χ0v) is 18.9. The molecule has 1 aromatic heterocycles. The summed E-state index contributed by atoms with van der Waals surface area (Å²) >= 11 is 0. The number of aromatic nitrogens is 1. The van der Waals surface area contributed by atoms with Crippen LogP contribution in [0.1, 0.15) is 41.0 Å². The van der Waals surface area contributed by atoms with Crippen molar-refractivity contribution in [2.24, 2.45) is 5.92 Å².